The maximum absolute atomic E-state index is 13.3. The van der Waals surface area contributed by atoms with Crippen LogP contribution in [-0.2, 0) is 16.1 Å². The minimum absolute atomic E-state index is 0.00782. The van der Waals surface area contributed by atoms with Gasteiger partial charge in [0, 0.05) is 6.54 Å². The van der Waals surface area contributed by atoms with Crippen LogP contribution in [0.25, 0.3) is 5.76 Å². The van der Waals surface area contributed by atoms with E-state index in [1.54, 1.807) is 36.4 Å². The van der Waals surface area contributed by atoms with Crippen LogP contribution >= 0.6 is 0 Å². The number of nitrogens with zero attached hydrogens (tertiary/aromatic N) is 1. The van der Waals surface area contributed by atoms with Crippen LogP contribution < -0.4 is 4.74 Å². The summed E-state index contributed by atoms with van der Waals surface area (Å²) in [5, 5.41) is 21.1. The van der Waals surface area contributed by atoms with Gasteiger partial charge in [0.1, 0.15) is 23.1 Å². The Hall–Kier alpha value is -4.13. The molecule has 1 fully saturated rings. The number of rotatable bonds is 5. The number of ketones is 1. The third kappa shape index (κ3) is 3.80. The Morgan fingerprint density at radius 3 is 2.44 bits per heavy atom. The number of amides is 1. The van der Waals surface area contributed by atoms with Gasteiger partial charge in [0.2, 0.25) is 0 Å². The van der Waals surface area contributed by atoms with Crippen molar-refractivity contribution in [2.24, 2.45) is 0 Å². The third-order valence-corrected chi connectivity index (χ3v) is 5.35. The smallest absolute Gasteiger partial charge is 0.295 e. The number of phenolic OH excluding ortho intramolecular Hbond substituents is 1. The number of benzene rings is 3. The summed E-state index contributed by atoms with van der Waals surface area (Å²) in [7, 11) is 1.44. The zero-order valence-corrected chi connectivity index (χ0v) is 17.2. The van der Waals surface area contributed by atoms with E-state index in [0.29, 0.717) is 16.9 Å². The van der Waals surface area contributed by atoms with E-state index in [-0.39, 0.29) is 29.2 Å². The van der Waals surface area contributed by atoms with E-state index < -0.39 is 23.5 Å². The molecule has 32 heavy (non-hydrogen) atoms. The van der Waals surface area contributed by atoms with E-state index in [9.17, 15) is 24.2 Å². The fourth-order valence-electron chi connectivity index (χ4n) is 3.86. The molecule has 1 aliphatic heterocycles. The zero-order valence-electron chi connectivity index (χ0n) is 17.2. The van der Waals surface area contributed by atoms with Gasteiger partial charge in [0.05, 0.1) is 24.3 Å². The molecule has 0 aliphatic carbocycles. The molecule has 162 valence electrons. The number of carbonyl (C=O) groups excluding carboxylic acids is 2. The molecular formula is C25H20FNO5. The molecule has 3 aromatic rings. The summed E-state index contributed by atoms with van der Waals surface area (Å²) in [6.07, 6.45) is 0. The Labute approximate surface area is 183 Å². The SMILES string of the molecule is COc1ccccc1/C(O)=C1/C(=O)C(=O)N(Cc2ccc(F)cc2)C1c1cccc(O)c1. The minimum atomic E-state index is -0.961. The first-order valence-corrected chi connectivity index (χ1v) is 9.86. The lowest BCUT2D eigenvalue weighted by Gasteiger charge is -2.25. The van der Waals surface area contributed by atoms with Crippen LogP contribution in [0.15, 0.2) is 78.4 Å². The molecule has 0 bridgehead atoms. The molecule has 0 spiro atoms. The van der Waals surface area contributed by atoms with Crippen molar-refractivity contribution in [3.05, 3.63) is 101 Å². The molecule has 1 amide bonds. The highest BCUT2D eigenvalue weighted by Gasteiger charge is 2.46. The second kappa shape index (κ2) is 8.55. The lowest BCUT2D eigenvalue weighted by molar-refractivity contribution is -0.140. The topological polar surface area (TPSA) is 87.1 Å². The number of aromatic hydroxyl groups is 1. The standard InChI is InChI=1S/C25H20FNO5/c1-32-20-8-3-2-7-19(20)23(29)21-22(16-5-4-6-18(28)13-16)27(25(31)24(21)30)14-15-9-11-17(26)12-10-15/h2-13,22,28-29H,14H2,1H3/b23-21-. The van der Waals surface area contributed by atoms with Gasteiger partial charge in [0.15, 0.2) is 0 Å². The average Bonchev–Trinajstić information content (AvgIpc) is 3.05. The molecule has 0 radical (unpaired) electrons. The van der Waals surface area contributed by atoms with Gasteiger partial charge in [-0.2, -0.15) is 0 Å². The molecule has 6 nitrogen and oxygen atoms in total. The Balaban J connectivity index is 1.89. The molecule has 4 rings (SSSR count). The van der Waals surface area contributed by atoms with E-state index in [4.69, 9.17) is 4.74 Å². The number of Topliss-reactive ketones (excluding diaryl/α,β-unsaturated/α-hetero) is 1. The van der Waals surface area contributed by atoms with Crippen LogP contribution in [0.3, 0.4) is 0 Å². The summed E-state index contributed by atoms with van der Waals surface area (Å²) < 4.78 is 18.6. The van der Waals surface area contributed by atoms with Gasteiger partial charge in [-0.05, 0) is 47.5 Å². The van der Waals surface area contributed by atoms with Gasteiger partial charge in [-0.15, -0.1) is 0 Å². The number of para-hydroxylation sites is 1. The normalized spacial score (nSPS) is 17.6. The Kier molecular flexibility index (Phi) is 5.64. The summed E-state index contributed by atoms with van der Waals surface area (Å²) in [4.78, 5) is 27.4. The molecule has 3 aromatic carbocycles. The number of methoxy groups -OCH3 is 1. The summed E-state index contributed by atoms with van der Waals surface area (Å²) >= 11 is 0. The Morgan fingerprint density at radius 1 is 1.03 bits per heavy atom. The molecule has 1 saturated heterocycles. The van der Waals surface area contributed by atoms with Crippen LogP contribution in [-0.4, -0.2) is 33.9 Å². The van der Waals surface area contributed by atoms with Gasteiger partial charge in [-0.1, -0.05) is 36.4 Å². The first kappa shape index (κ1) is 21.1. The zero-order chi connectivity index (χ0) is 22.8. The lowest BCUT2D eigenvalue weighted by atomic mass is 9.94. The first-order chi connectivity index (χ1) is 15.4. The quantitative estimate of drug-likeness (QED) is 0.358. The van der Waals surface area contributed by atoms with Crippen molar-refractivity contribution in [2.45, 2.75) is 12.6 Å². The number of carbonyl (C=O) groups is 2. The number of aliphatic hydroxyl groups excluding tert-OH is 1. The first-order valence-electron chi connectivity index (χ1n) is 9.86. The number of hydrogen-bond donors (Lipinski definition) is 2. The molecule has 2 N–H and O–H groups in total. The van der Waals surface area contributed by atoms with E-state index in [1.165, 1.54) is 48.4 Å². The predicted octanol–water partition coefficient (Wildman–Crippen LogP) is 4.16. The van der Waals surface area contributed by atoms with Gasteiger partial charge in [-0.3, -0.25) is 9.59 Å². The molecule has 1 aliphatic rings. The van der Waals surface area contributed by atoms with Crippen LogP contribution in [0.2, 0.25) is 0 Å². The molecule has 7 heteroatoms. The van der Waals surface area contributed by atoms with Crippen LogP contribution in [0, 0.1) is 5.82 Å². The van der Waals surface area contributed by atoms with Crippen LogP contribution in [0.1, 0.15) is 22.7 Å². The van der Waals surface area contributed by atoms with E-state index >= 15 is 0 Å². The van der Waals surface area contributed by atoms with E-state index in [2.05, 4.69) is 0 Å². The average molecular weight is 433 g/mol. The maximum Gasteiger partial charge on any atom is 0.295 e. The van der Waals surface area contributed by atoms with Gasteiger partial charge in [-0.25, -0.2) is 4.39 Å². The van der Waals surface area contributed by atoms with Gasteiger partial charge in [0.25, 0.3) is 11.7 Å². The highest BCUT2D eigenvalue weighted by molar-refractivity contribution is 6.46. The van der Waals surface area contributed by atoms with Gasteiger partial charge < -0.3 is 19.8 Å². The monoisotopic (exact) mass is 433 g/mol. The van der Waals surface area contributed by atoms with Gasteiger partial charge >= 0.3 is 0 Å². The summed E-state index contributed by atoms with van der Waals surface area (Å²) in [5.41, 5.74) is 1.20. The minimum Gasteiger partial charge on any atom is -0.508 e. The van der Waals surface area contributed by atoms with Crippen molar-refractivity contribution in [1.82, 2.24) is 4.90 Å². The number of halogens is 1. The highest BCUT2D eigenvalue weighted by Crippen LogP contribution is 2.42. The van der Waals surface area contributed by atoms with Crippen LogP contribution in [0.5, 0.6) is 11.5 Å². The Morgan fingerprint density at radius 2 is 1.75 bits per heavy atom. The van der Waals surface area contributed by atoms with Crippen molar-refractivity contribution in [2.75, 3.05) is 7.11 Å². The maximum atomic E-state index is 13.3. The third-order valence-electron chi connectivity index (χ3n) is 5.35. The fraction of sp³-hybridized carbons (Fsp3) is 0.120. The number of phenols is 1. The molecule has 1 unspecified atom stereocenters. The molecule has 1 heterocycles. The molecule has 0 aromatic heterocycles. The van der Waals surface area contributed by atoms with Crippen molar-refractivity contribution in [3.63, 3.8) is 0 Å². The summed E-state index contributed by atoms with van der Waals surface area (Å²) in [6.45, 7) is 0.00782. The van der Waals surface area contributed by atoms with E-state index in [0.717, 1.165) is 0 Å². The number of likely N-dealkylation sites (tertiary alicyclic amines) is 1. The van der Waals surface area contributed by atoms with Crippen LogP contribution in [0.4, 0.5) is 4.39 Å². The summed E-state index contributed by atoms with van der Waals surface area (Å²) in [5.74, 6) is -2.17. The Bertz CT molecular complexity index is 1220. The molecule has 0 saturated carbocycles. The van der Waals surface area contributed by atoms with E-state index in [1.807, 2.05) is 0 Å². The molecular weight excluding hydrogens is 413 g/mol. The number of hydrogen-bond acceptors (Lipinski definition) is 5. The highest BCUT2D eigenvalue weighted by atomic mass is 19.1. The molecule has 1 atom stereocenters. The second-order valence-electron chi connectivity index (χ2n) is 7.35. The number of aliphatic hydroxyl groups is 1. The largest absolute Gasteiger partial charge is 0.508 e. The summed E-state index contributed by atoms with van der Waals surface area (Å²) in [6, 6.07) is 17.4. The lowest BCUT2D eigenvalue weighted by Crippen LogP contribution is -2.29. The second-order valence-corrected chi connectivity index (χ2v) is 7.35. The fourth-order valence-corrected chi connectivity index (χ4v) is 3.86. The number of ether oxygens (including phenoxy) is 1. The van der Waals surface area contributed by atoms with Crippen molar-refractivity contribution < 1.29 is 28.9 Å². The predicted molar refractivity (Wildman–Crippen MR) is 115 cm³/mol. The van der Waals surface area contributed by atoms with Crippen molar-refractivity contribution in [3.8, 4) is 11.5 Å². The van der Waals surface area contributed by atoms with Crippen molar-refractivity contribution in [1.29, 1.82) is 0 Å². The van der Waals surface area contributed by atoms with Crippen molar-refractivity contribution >= 4 is 17.4 Å².